The first-order valence-electron chi connectivity index (χ1n) is 6.46. The van der Waals surface area contributed by atoms with E-state index in [0.29, 0.717) is 0 Å². The van der Waals surface area contributed by atoms with Gasteiger partial charge in [-0.25, -0.2) is 0 Å². The molecule has 0 unspecified atom stereocenters. The molecule has 0 aliphatic carbocycles. The van der Waals surface area contributed by atoms with Crippen LogP contribution >= 0.6 is 0 Å². The van der Waals surface area contributed by atoms with Crippen LogP contribution in [0.15, 0.2) is 24.3 Å². The van der Waals surface area contributed by atoms with Gasteiger partial charge in [0.05, 0.1) is 20.3 Å². The topological polar surface area (TPSA) is 44.5 Å². The summed E-state index contributed by atoms with van der Waals surface area (Å²) in [6.07, 6.45) is 2.07. The summed E-state index contributed by atoms with van der Waals surface area (Å²) in [6.45, 7) is 5.76. The molecule has 0 amide bonds. The van der Waals surface area contributed by atoms with E-state index in [1.54, 1.807) is 7.11 Å². The molecular formula is C15H23NO2. The molecule has 1 aliphatic heterocycles. The molecule has 0 aromatic heterocycles. The van der Waals surface area contributed by atoms with E-state index in [1.165, 1.54) is 5.56 Å². The fourth-order valence-corrected chi connectivity index (χ4v) is 2.31. The Morgan fingerprint density at radius 2 is 1.89 bits per heavy atom. The highest BCUT2D eigenvalue weighted by Gasteiger charge is 2.40. The quantitative estimate of drug-likeness (QED) is 0.872. The lowest BCUT2D eigenvalue weighted by molar-refractivity contribution is -0.0669. The first kappa shape index (κ1) is 13.4. The summed E-state index contributed by atoms with van der Waals surface area (Å²) in [5.74, 6) is 0.897. The number of rotatable bonds is 5. The van der Waals surface area contributed by atoms with Crippen LogP contribution in [0.5, 0.6) is 5.75 Å². The van der Waals surface area contributed by atoms with E-state index in [2.05, 4.69) is 26.0 Å². The summed E-state index contributed by atoms with van der Waals surface area (Å²) >= 11 is 0. The summed E-state index contributed by atoms with van der Waals surface area (Å²) in [5.41, 5.74) is 7.46. The largest absolute Gasteiger partial charge is 0.497 e. The zero-order valence-electron chi connectivity index (χ0n) is 11.5. The van der Waals surface area contributed by atoms with E-state index in [4.69, 9.17) is 15.2 Å². The Bertz CT molecular complexity index is 388. The normalized spacial score (nSPS) is 18.2. The second-order valence-corrected chi connectivity index (χ2v) is 5.99. The molecule has 1 fully saturated rings. The average molecular weight is 249 g/mol. The maximum Gasteiger partial charge on any atom is 0.118 e. The van der Waals surface area contributed by atoms with Crippen molar-refractivity contribution in [1.29, 1.82) is 0 Å². The summed E-state index contributed by atoms with van der Waals surface area (Å²) < 4.78 is 10.6. The van der Waals surface area contributed by atoms with Crippen molar-refractivity contribution in [2.45, 2.75) is 37.6 Å². The Balaban J connectivity index is 2.11. The van der Waals surface area contributed by atoms with Crippen molar-refractivity contribution in [2.75, 3.05) is 20.3 Å². The third-order valence-corrected chi connectivity index (χ3v) is 3.71. The second-order valence-electron chi connectivity index (χ2n) is 5.99. The minimum absolute atomic E-state index is 0.116. The SMILES string of the molecule is COc1ccc(C2(CCC(C)(C)N)COC2)cc1. The smallest absolute Gasteiger partial charge is 0.118 e. The summed E-state index contributed by atoms with van der Waals surface area (Å²) in [6, 6.07) is 8.32. The number of hydrogen-bond donors (Lipinski definition) is 1. The van der Waals surface area contributed by atoms with Crippen LogP contribution in [0.2, 0.25) is 0 Å². The van der Waals surface area contributed by atoms with Crippen LogP contribution in [0, 0.1) is 0 Å². The molecule has 0 saturated carbocycles. The van der Waals surface area contributed by atoms with Crippen LogP contribution in [0.3, 0.4) is 0 Å². The second kappa shape index (κ2) is 4.90. The van der Waals surface area contributed by atoms with Crippen LogP contribution < -0.4 is 10.5 Å². The molecule has 1 saturated heterocycles. The Kier molecular flexibility index (Phi) is 3.64. The maximum absolute atomic E-state index is 6.08. The van der Waals surface area contributed by atoms with Crippen LogP contribution in [-0.2, 0) is 10.2 Å². The number of nitrogens with two attached hydrogens (primary N) is 1. The summed E-state index contributed by atoms with van der Waals surface area (Å²) in [4.78, 5) is 0. The van der Waals surface area contributed by atoms with Crippen molar-refractivity contribution < 1.29 is 9.47 Å². The van der Waals surface area contributed by atoms with Gasteiger partial charge in [0.2, 0.25) is 0 Å². The standard InChI is InChI=1S/C15H23NO2/c1-14(2,16)8-9-15(10-18-11-15)12-4-6-13(17-3)7-5-12/h4-7H,8-11,16H2,1-3H3. The monoisotopic (exact) mass is 249 g/mol. The predicted octanol–water partition coefficient (Wildman–Crippen LogP) is 2.48. The lowest BCUT2D eigenvalue weighted by atomic mass is 9.73. The van der Waals surface area contributed by atoms with Gasteiger partial charge in [0, 0.05) is 11.0 Å². The lowest BCUT2D eigenvalue weighted by Gasteiger charge is -2.43. The molecule has 18 heavy (non-hydrogen) atoms. The van der Waals surface area contributed by atoms with E-state index in [-0.39, 0.29) is 11.0 Å². The number of methoxy groups -OCH3 is 1. The van der Waals surface area contributed by atoms with Gasteiger partial charge in [-0.05, 0) is 44.4 Å². The van der Waals surface area contributed by atoms with E-state index >= 15 is 0 Å². The number of benzene rings is 1. The fourth-order valence-electron chi connectivity index (χ4n) is 2.31. The van der Waals surface area contributed by atoms with Gasteiger partial charge in [-0.15, -0.1) is 0 Å². The molecule has 1 heterocycles. The van der Waals surface area contributed by atoms with E-state index in [1.807, 2.05) is 12.1 Å². The van der Waals surface area contributed by atoms with Gasteiger partial charge in [0.25, 0.3) is 0 Å². The third-order valence-electron chi connectivity index (χ3n) is 3.71. The van der Waals surface area contributed by atoms with Crippen molar-refractivity contribution in [3.05, 3.63) is 29.8 Å². The Labute approximate surface area is 109 Å². The summed E-state index contributed by atoms with van der Waals surface area (Å²) in [5, 5.41) is 0. The first-order chi connectivity index (χ1) is 8.45. The highest BCUT2D eigenvalue weighted by atomic mass is 16.5. The van der Waals surface area contributed by atoms with Gasteiger partial charge < -0.3 is 15.2 Å². The molecule has 0 spiro atoms. The highest BCUT2D eigenvalue weighted by Crippen LogP contribution is 2.38. The zero-order valence-corrected chi connectivity index (χ0v) is 11.5. The predicted molar refractivity (Wildman–Crippen MR) is 73.0 cm³/mol. The number of ether oxygens (including phenoxy) is 2. The van der Waals surface area contributed by atoms with Gasteiger partial charge in [-0.3, -0.25) is 0 Å². The maximum atomic E-state index is 6.08. The van der Waals surface area contributed by atoms with Gasteiger partial charge in [-0.2, -0.15) is 0 Å². The van der Waals surface area contributed by atoms with Gasteiger partial charge >= 0.3 is 0 Å². The zero-order chi connectivity index (χ0) is 13.2. The molecule has 0 radical (unpaired) electrons. The molecule has 0 atom stereocenters. The van der Waals surface area contributed by atoms with Crippen LogP contribution in [0.1, 0.15) is 32.3 Å². The van der Waals surface area contributed by atoms with E-state index < -0.39 is 0 Å². The molecule has 2 N–H and O–H groups in total. The van der Waals surface area contributed by atoms with Crippen molar-refractivity contribution in [1.82, 2.24) is 0 Å². The average Bonchev–Trinajstić information content (AvgIpc) is 2.27. The fraction of sp³-hybridized carbons (Fsp3) is 0.600. The first-order valence-corrected chi connectivity index (χ1v) is 6.46. The van der Waals surface area contributed by atoms with Crippen molar-refractivity contribution >= 4 is 0 Å². The van der Waals surface area contributed by atoms with Crippen molar-refractivity contribution in [3.8, 4) is 5.75 Å². The lowest BCUT2D eigenvalue weighted by Crippen LogP contribution is -2.48. The highest BCUT2D eigenvalue weighted by molar-refractivity contribution is 5.34. The van der Waals surface area contributed by atoms with Gasteiger partial charge in [-0.1, -0.05) is 12.1 Å². The molecule has 2 rings (SSSR count). The molecule has 1 aliphatic rings. The van der Waals surface area contributed by atoms with Crippen molar-refractivity contribution in [2.24, 2.45) is 5.73 Å². The third kappa shape index (κ3) is 2.85. The van der Waals surface area contributed by atoms with E-state index in [0.717, 1.165) is 31.8 Å². The Morgan fingerprint density at radius 1 is 1.28 bits per heavy atom. The van der Waals surface area contributed by atoms with Crippen molar-refractivity contribution in [3.63, 3.8) is 0 Å². The molecule has 1 aromatic carbocycles. The Hall–Kier alpha value is -1.06. The minimum atomic E-state index is -0.116. The number of hydrogen-bond acceptors (Lipinski definition) is 3. The molecule has 1 aromatic rings. The molecular weight excluding hydrogens is 226 g/mol. The van der Waals surface area contributed by atoms with Crippen LogP contribution in [0.4, 0.5) is 0 Å². The Morgan fingerprint density at radius 3 is 2.28 bits per heavy atom. The van der Waals surface area contributed by atoms with Crippen LogP contribution in [0.25, 0.3) is 0 Å². The van der Waals surface area contributed by atoms with E-state index in [9.17, 15) is 0 Å². The molecule has 3 nitrogen and oxygen atoms in total. The van der Waals surface area contributed by atoms with Gasteiger partial charge in [0.15, 0.2) is 0 Å². The minimum Gasteiger partial charge on any atom is -0.497 e. The van der Waals surface area contributed by atoms with Gasteiger partial charge in [0.1, 0.15) is 5.75 Å². The molecule has 100 valence electrons. The van der Waals surface area contributed by atoms with Crippen LogP contribution in [-0.4, -0.2) is 25.9 Å². The molecule has 0 bridgehead atoms. The summed E-state index contributed by atoms with van der Waals surface area (Å²) in [7, 11) is 1.69. The molecule has 3 heteroatoms.